The fourth-order valence-electron chi connectivity index (χ4n) is 3.98. The van der Waals surface area contributed by atoms with E-state index in [1.807, 2.05) is 6.26 Å². The summed E-state index contributed by atoms with van der Waals surface area (Å²) >= 11 is 1.49. The molecule has 1 aromatic carbocycles. The number of benzene rings is 1. The van der Waals surface area contributed by atoms with Gasteiger partial charge in [0, 0.05) is 13.0 Å². The van der Waals surface area contributed by atoms with E-state index in [4.69, 9.17) is 4.98 Å². The van der Waals surface area contributed by atoms with Gasteiger partial charge in [0.15, 0.2) is 5.16 Å². The van der Waals surface area contributed by atoms with Crippen LogP contribution in [-0.2, 0) is 24.9 Å². The standard InChI is InChI=1S/C17H19N3OS/c1-20-10-12-14(18-16(22-2)19-15(12)21)9-17(20)8-7-11-5-3-4-6-13(11)17/h3-6H,7-10H2,1-2H3,(H,18,19,21). The average Bonchev–Trinajstić information content (AvgIpc) is 2.89. The normalized spacial score (nSPS) is 23.5. The maximum absolute atomic E-state index is 12.3. The molecule has 4 rings (SSSR count). The van der Waals surface area contributed by atoms with Crippen LogP contribution in [0.2, 0.25) is 0 Å². The Labute approximate surface area is 134 Å². The summed E-state index contributed by atoms with van der Waals surface area (Å²) in [6, 6.07) is 8.70. The predicted molar refractivity (Wildman–Crippen MR) is 88.3 cm³/mol. The highest BCUT2D eigenvalue weighted by Gasteiger charge is 2.45. The van der Waals surface area contributed by atoms with Crippen LogP contribution in [0, 0.1) is 0 Å². The molecular formula is C17H19N3OS. The first-order valence-electron chi connectivity index (χ1n) is 7.60. The van der Waals surface area contributed by atoms with Crippen LogP contribution in [0.4, 0.5) is 0 Å². The lowest BCUT2D eigenvalue weighted by molar-refractivity contribution is 0.0918. The lowest BCUT2D eigenvalue weighted by atomic mass is 9.81. The van der Waals surface area contributed by atoms with Crippen molar-refractivity contribution >= 4 is 11.8 Å². The minimum Gasteiger partial charge on any atom is -0.301 e. The van der Waals surface area contributed by atoms with Crippen molar-refractivity contribution in [3.8, 4) is 0 Å². The van der Waals surface area contributed by atoms with Crippen molar-refractivity contribution < 1.29 is 0 Å². The van der Waals surface area contributed by atoms with E-state index >= 15 is 0 Å². The molecule has 0 saturated carbocycles. The number of hydrogen-bond acceptors (Lipinski definition) is 4. The van der Waals surface area contributed by atoms with Gasteiger partial charge in [0.25, 0.3) is 5.56 Å². The predicted octanol–water partition coefficient (Wildman–Crippen LogP) is 2.32. The van der Waals surface area contributed by atoms with E-state index in [9.17, 15) is 4.79 Å². The number of hydrogen-bond donors (Lipinski definition) is 1. The summed E-state index contributed by atoms with van der Waals surface area (Å²) in [4.78, 5) is 22.2. The third-order valence-electron chi connectivity index (χ3n) is 5.19. The zero-order valence-corrected chi connectivity index (χ0v) is 13.7. The Hall–Kier alpha value is -1.59. The van der Waals surface area contributed by atoms with Crippen molar-refractivity contribution in [3.05, 3.63) is 57.0 Å². The Morgan fingerprint density at radius 1 is 1.36 bits per heavy atom. The molecule has 114 valence electrons. The lowest BCUT2D eigenvalue weighted by Crippen LogP contribution is -2.48. The second kappa shape index (κ2) is 4.96. The van der Waals surface area contributed by atoms with E-state index in [-0.39, 0.29) is 11.1 Å². The van der Waals surface area contributed by atoms with Gasteiger partial charge in [-0.05, 0) is 37.3 Å². The van der Waals surface area contributed by atoms with Crippen LogP contribution < -0.4 is 5.56 Å². The first-order chi connectivity index (χ1) is 10.6. The Kier molecular flexibility index (Phi) is 3.16. The minimum atomic E-state index is 0.0000642. The van der Waals surface area contributed by atoms with Crippen LogP contribution in [0.5, 0.6) is 0 Å². The van der Waals surface area contributed by atoms with E-state index in [0.717, 1.165) is 35.7 Å². The van der Waals surface area contributed by atoms with Gasteiger partial charge in [-0.1, -0.05) is 36.0 Å². The summed E-state index contributed by atoms with van der Waals surface area (Å²) in [6.45, 7) is 0.667. The van der Waals surface area contributed by atoms with Crippen molar-refractivity contribution in [3.63, 3.8) is 0 Å². The molecule has 1 aliphatic heterocycles. The van der Waals surface area contributed by atoms with Gasteiger partial charge >= 0.3 is 0 Å². The monoisotopic (exact) mass is 313 g/mol. The van der Waals surface area contributed by atoms with Crippen molar-refractivity contribution in [2.75, 3.05) is 13.3 Å². The Morgan fingerprint density at radius 2 is 2.18 bits per heavy atom. The topological polar surface area (TPSA) is 49.0 Å². The molecule has 1 aliphatic carbocycles. The molecule has 1 spiro atoms. The van der Waals surface area contributed by atoms with E-state index in [1.165, 1.54) is 22.9 Å². The second-order valence-corrected chi connectivity index (χ2v) is 7.02. The highest BCUT2D eigenvalue weighted by Crippen LogP contribution is 2.46. The zero-order valence-electron chi connectivity index (χ0n) is 12.8. The number of H-pyrrole nitrogens is 1. The number of nitrogens with one attached hydrogen (secondary N) is 1. The molecule has 0 saturated heterocycles. The Bertz CT molecular complexity index is 801. The average molecular weight is 313 g/mol. The number of aromatic amines is 1. The quantitative estimate of drug-likeness (QED) is 0.648. The van der Waals surface area contributed by atoms with Crippen molar-refractivity contribution in [2.24, 2.45) is 0 Å². The third-order valence-corrected chi connectivity index (χ3v) is 5.77. The molecule has 0 amide bonds. The Balaban J connectivity index is 1.86. The highest BCUT2D eigenvalue weighted by molar-refractivity contribution is 7.98. The van der Waals surface area contributed by atoms with Gasteiger partial charge in [-0.25, -0.2) is 4.98 Å². The first-order valence-corrected chi connectivity index (χ1v) is 8.82. The molecule has 0 radical (unpaired) electrons. The van der Waals surface area contributed by atoms with Gasteiger partial charge in [-0.3, -0.25) is 9.69 Å². The van der Waals surface area contributed by atoms with Gasteiger partial charge in [0.05, 0.1) is 16.8 Å². The largest absolute Gasteiger partial charge is 0.301 e. The minimum absolute atomic E-state index is 0.0000642. The van der Waals surface area contributed by atoms with E-state index in [1.54, 1.807) is 0 Å². The molecule has 1 N–H and O–H groups in total. The maximum Gasteiger partial charge on any atom is 0.256 e. The third kappa shape index (κ3) is 1.88. The summed E-state index contributed by atoms with van der Waals surface area (Å²) in [5.41, 5.74) is 4.67. The fourth-order valence-corrected chi connectivity index (χ4v) is 4.37. The molecule has 2 aliphatic rings. The molecule has 1 aromatic heterocycles. The van der Waals surface area contributed by atoms with Gasteiger partial charge in [-0.15, -0.1) is 0 Å². The molecule has 0 fully saturated rings. The number of thioether (sulfide) groups is 1. The van der Waals surface area contributed by atoms with Crippen LogP contribution in [0.3, 0.4) is 0 Å². The SMILES string of the molecule is CSc1nc2c(c(=O)[nH]1)CN(C)C1(CCc3ccccc31)C2. The fraction of sp³-hybridized carbons (Fsp3) is 0.412. The van der Waals surface area contributed by atoms with Gasteiger partial charge in [-0.2, -0.15) is 0 Å². The summed E-state index contributed by atoms with van der Waals surface area (Å²) in [6.07, 6.45) is 4.98. The molecule has 1 unspecified atom stereocenters. The van der Waals surface area contributed by atoms with Crippen molar-refractivity contribution in [2.45, 2.75) is 36.5 Å². The molecule has 5 heteroatoms. The molecule has 4 nitrogen and oxygen atoms in total. The van der Waals surface area contributed by atoms with E-state index < -0.39 is 0 Å². The molecular weight excluding hydrogens is 294 g/mol. The molecule has 2 aromatic rings. The van der Waals surface area contributed by atoms with E-state index in [0.29, 0.717) is 6.54 Å². The maximum atomic E-state index is 12.3. The summed E-state index contributed by atoms with van der Waals surface area (Å²) in [5.74, 6) is 0. The number of fused-ring (bicyclic) bond motifs is 3. The van der Waals surface area contributed by atoms with Crippen LogP contribution >= 0.6 is 11.8 Å². The number of nitrogens with zero attached hydrogens (tertiary/aromatic N) is 2. The Morgan fingerprint density at radius 3 is 3.00 bits per heavy atom. The number of rotatable bonds is 1. The number of aryl methyl sites for hydroxylation is 1. The zero-order chi connectivity index (χ0) is 15.3. The summed E-state index contributed by atoms with van der Waals surface area (Å²) in [5, 5.41) is 0.717. The van der Waals surface area contributed by atoms with Crippen molar-refractivity contribution in [1.29, 1.82) is 0 Å². The smallest absolute Gasteiger partial charge is 0.256 e. The van der Waals surface area contributed by atoms with Crippen LogP contribution in [0.1, 0.15) is 28.8 Å². The highest BCUT2D eigenvalue weighted by atomic mass is 32.2. The number of likely N-dealkylation sites (N-methyl/N-ethyl adjacent to an activating group) is 1. The molecule has 2 heterocycles. The van der Waals surface area contributed by atoms with Gasteiger partial charge in [0.1, 0.15) is 0 Å². The van der Waals surface area contributed by atoms with Crippen molar-refractivity contribution in [1.82, 2.24) is 14.9 Å². The van der Waals surface area contributed by atoms with E-state index in [2.05, 4.69) is 41.2 Å². The number of aromatic nitrogens is 2. The lowest BCUT2D eigenvalue weighted by Gasteiger charge is -2.43. The van der Waals surface area contributed by atoms with Crippen LogP contribution in [0.15, 0.2) is 34.2 Å². The second-order valence-electron chi connectivity index (χ2n) is 6.22. The summed E-state index contributed by atoms with van der Waals surface area (Å²) in [7, 11) is 2.13. The van der Waals surface area contributed by atoms with Crippen LogP contribution in [-0.4, -0.2) is 28.2 Å². The molecule has 0 bridgehead atoms. The van der Waals surface area contributed by atoms with Gasteiger partial charge in [0.2, 0.25) is 0 Å². The summed E-state index contributed by atoms with van der Waals surface area (Å²) < 4.78 is 0. The van der Waals surface area contributed by atoms with Crippen LogP contribution in [0.25, 0.3) is 0 Å². The molecule has 22 heavy (non-hydrogen) atoms. The van der Waals surface area contributed by atoms with Gasteiger partial charge < -0.3 is 4.98 Å². The first kappa shape index (κ1) is 14.0. The molecule has 1 atom stereocenters.